The SMILES string of the molecule is Cc1nc(-n2ccnc2C)ncc1N. The molecule has 0 aromatic carbocycles. The molecule has 5 nitrogen and oxygen atoms in total. The second-order valence-electron chi connectivity index (χ2n) is 3.06. The number of hydrogen-bond donors (Lipinski definition) is 1. The number of imidazole rings is 1. The van der Waals surface area contributed by atoms with E-state index in [0.29, 0.717) is 11.6 Å². The zero-order valence-electron chi connectivity index (χ0n) is 8.10. The first kappa shape index (κ1) is 8.68. The lowest BCUT2D eigenvalue weighted by atomic mass is 10.4. The summed E-state index contributed by atoms with van der Waals surface area (Å²) in [6.07, 6.45) is 5.14. The van der Waals surface area contributed by atoms with Crippen LogP contribution in [-0.2, 0) is 0 Å². The van der Waals surface area contributed by atoms with Crippen LogP contribution in [0, 0.1) is 13.8 Å². The smallest absolute Gasteiger partial charge is 0.235 e. The molecule has 0 aliphatic rings. The van der Waals surface area contributed by atoms with Gasteiger partial charge in [-0.15, -0.1) is 0 Å². The van der Waals surface area contributed by atoms with Crippen molar-refractivity contribution in [3.8, 4) is 5.95 Å². The Morgan fingerprint density at radius 1 is 1.29 bits per heavy atom. The van der Waals surface area contributed by atoms with Gasteiger partial charge in [0.2, 0.25) is 5.95 Å². The predicted octanol–water partition coefficient (Wildman–Crippen LogP) is 0.861. The Kier molecular flexibility index (Phi) is 1.92. The maximum Gasteiger partial charge on any atom is 0.235 e. The monoisotopic (exact) mass is 189 g/mol. The van der Waals surface area contributed by atoms with Crippen molar-refractivity contribution >= 4 is 5.69 Å². The van der Waals surface area contributed by atoms with E-state index >= 15 is 0 Å². The van der Waals surface area contributed by atoms with E-state index in [1.807, 2.05) is 24.6 Å². The molecule has 0 spiro atoms. The van der Waals surface area contributed by atoms with Crippen LogP contribution in [0.15, 0.2) is 18.6 Å². The number of aryl methyl sites for hydroxylation is 2. The van der Waals surface area contributed by atoms with E-state index in [4.69, 9.17) is 5.73 Å². The fourth-order valence-corrected chi connectivity index (χ4v) is 1.17. The average molecular weight is 189 g/mol. The summed E-state index contributed by atoms with van der Waals surface area (Å²) in [5, 5.41) is 0. The molecule has 0 amide bonds. The zero-order chi connectivity index (χ0) is 10.1. The van der Waals surface area contributed by atoms with Crippen molar-refractivity contribution in [1.29, 1.82) is 0 Å². The molecule has 0 aliphatic carbocycles. The summed E-state index contributed by atoms with van der Waals surface area (Å²) >= 11 is 0. The first-order valence-corrected chi connectivity index (χ1v) is 4.28. The second kappa shape index (κ2) is 3.10. The minimum atomic E-state index is 0.603. The molecular weight excluding hydrogens is 178 g/mol. The number of nitrogens with two attached hydrogens (primary N) is 1. The highest BCUT2D eigenvalue weighted by Crippen LogP contribution is 2.09. The normalized spacial score (nSPS) is 10.4. The Balaban J connectivity index is 2.53. The van der Waals surface area contributed by atoms with Crippen LogP contribution in [0.25, 0.3) is 5.95 Å². The lowest BCUT2D eigenvalue weighted by Crippen LogP contribution is -2.05. The Bertz CT molecular complexity index is 460. The topological polar surface area (TPSA) is 69.6 Å². The van der Waals surface area contributed by atoms with Gasteiger partial charge in [-0.3, -0.25) is 4.57 Å². The standard InChI is InChI=1S/C9H11N5/c1-6-8(10)5-12-9(13-6)14-4-3-11-7(14)2/h3-5H,10H2,1-2H3. The molecule has 2 aromatic rings. The number of nitrogen functional groups attached to an aromatic ring is 1. The van der Waals surface area contributed by atoms with Gasteiger partial charge in [0.05, 0.1) is 17.6 Å². The number of anilines is 1. The van der Waals surface area contributed by atoms with Crippen LogP contribution in [0.1, 0.15) is 11.5 Å². The third kappa shape index (κ3) is 1.32. The number of rotatable bonds is 1. The minimum absolute atomic E-state index is 0.603. The van der Waals surface area contributed by atoms with Gasteiger partial charge in [-0.05, 0) is 13.8 Å². The van der Waals surface area contributed by atoms with Gasteiger partial charge in [0, 0.05) is 12.4 Å². The second-order valence-corrected chi connectivity index (χ2v) is 3.06. The molecule has 72 valence electrons. The first-order chi connectivity index (χ1) is 6.68. The Morgan fingerprint density at radius 3 is 2.64 bits per heavy atom. The average Bonchev–Trinajstić information content (AvgIpc) is 2.57. The van der Waals surface area contributed by atoms with E-state index in [0.717, 1.165) is 11.5 Å². The highest BCUT2D eigenvalue weighted by atomic mass is 15.2. The van der Waals surface area contributed by atoms with E-state index in [1.54, 1.807) is 12.4 Å². The molecule has 0 bridgehead atoms. The maximum atomic E-state index is 5.63. The predicted molar refractivity (Wildman–Crippen MR) is 53.0 cm³/mol. The van der Waals surface area contributed by atoms with E-state index in [2.05, 4.69) is 15.0 Å². The molecule has 2 N–H and O–H groups in total. The Morgan fingerprint density at radius 2 is 2.07 bits per heavy atom. The minimum Gasteiger partial charge on any atom is -0.396 e. The number of hydrogen-bond acceptors (Lipinski definition) is 4. The van der Waals surface area contributed by atoms with E-state index in [9.17, 15) is 0 Å². The zero-order valence-corrected chi connectivity index (χ0v) is 8.10. The largest absolute Gasteiger partial charge is 0.396 e. The summed E-state index contributed by atoms with van der Waals surface area (Å²) in [5.74, 6) is 1.46. The highest BCUT2D eigenvalue weighted by molar-refractivity contribution is 5.40. The number of nitrogens with zero attached hydrogens (tertiary/aromatic N) is 4. The molecular formula is C9H11N5. The number of aromatic nitrogens is 4. The van der Waals surface area contributed by atoms with Crippen molar-refractivity contribution in [2.24, 2.45) is 0 Å². The van der Waals surface area contributed by atoms with Gasteiger partial charge in [-0.1, -0.05) is 0 Å². The molecule has 0 atom stereocenters. The molecule has 0 fully saturated rings. The first-order valence-electron chi connectivity index (χ1n) is 4.28. The van der Waals surface area contributed by atoms with Gasteiger partial charge in [0.1, 0.15) is 5.82 Å². The van der Waals surface area contributed by atoms with E-state index in [-0.39, 0.29) is 0 Å². The maximum absolute atomic E-state index is 5.63. The molecule has 0 unspecified atom stereocenters. The summed E-state index contributed by atoms with van der Waals surface area (Å²) in [4.78, 5) is 12.5. The molecule has 0 saturated heterocycles. The van der Waals surface area contributed by atoms with Gasteiger partial charge in [0.15, 0.2) is 0 Å². The van der Waals surface area contributed by atoms with Crippen LogP contribution in [-0.4, -0.2) is 19.5 Å². The molecule has 0 saturated carbocycles. The lowest BCUT2D eigenvalue weighted by Gasteiger charge is -2.04. The molecule has 5 heteroatoms. The van der Waals surface area contributed by atoms with Gasteiger partial charge in [-0.25, -0.2) is 15.0 Å². The third-order valence-electron chi connectivity index (χ3n) is 2.05. The molecule has 2 heterocycles. The van der Waals surface area contributed by atoms with Gasteiger partial charge in [0.25, 0.3) is 0 Å². The Hall–Kier alpha value is -1.91. The molecule has 14 heavy (non-hydrogen) atoms. The van der Waals surface area contributed by atoms with Crippen molar-refractivity contribution in [2.75, 3.05) is 5.73 Å². The van der Waals surface area contributed by atoms with Gasteiger partial charge < -0.3 is 5.73 Å². The quantitative estimate of drug-likeness (QED) is 0.722. The highest BCUT2D eigenvalue weighted by Gasteiger charge is 2.04. The van der Waals surface area contributed by atoms with Crippen LogP contribution in [0.2, 0.25) is 0 Å². The molecule has 0 radical (unpaired) electrons. The van der Waals surface area contributed by atoms with Crippen molar-refractivity contribution < 1.29 is 0 Å². The summed E-state index contributed by atoms with van der Waals surface area (Å²) in [7, 11) is 0. The van der Waals surface area contributed by atoms with Crippen molar-refractivity contribution in [2.45, 2.75) is 13.8 Å². The summed E-state index contributed by atoms with van der Waals surface area (Å²) < 4.78 is 1.81. The van der Waals surface area contributed by atoms with Gasteiger partial charge >= 0.3 is 0 Å². The lowest BCUT2D eigenvalue weighted by molar-refractivity contribution is 0.873. The summed E-state index contributed by atoms with van der Waals surface area (Å²) in [5.41, 5.74) is 7.01. The van der Waals surface area contributed by atoms with Crippen molar-refractivity contribution in [3.05, 3.63) is 30.1 Å². The summed E-state index contributed by atoms with van der Waals surface area (Å²) in [6, 6.07) is 0. The fourth-order valence-electron chi connectivity index (χ4n) is 1.17. The van der Waals surface area contributed by atoms with E-state index in [1.165, 1.54) is 0 Å². The van der Waals surface area contributed by atoms with Crippen LogP contribution < -0.4 is 5.73 Å². The summed E-state index contributed by atoms with van der Waals surface area (Å²) in [6.45, 7) is 3.75. The molecule has 0 aliphatic heterocycles. The fraction of sp³-hybridized carbons (Fsp3) is 0.222. The molecule has 2 aromatic heterocycles. The van der Waals surface area contributed by atoms with Crippen LogP contribution in [0.5, 0.6) is 0 Å². The molecule has 2 rings (SSSR count). The van der Waals surface area contributed by atoms with Crippen molar-refractivity contribution in [1.82, 2.24) is 19.5 Å². The Labute approximate surface area is 81.6 Å². The van der Waals surface area contributed by atoms with Crippen molar-refractivity contribution in [3.63, 3.8) is 0 Å². The van der Waals surface area contributed by atoms with Crippen LogP contribution in [0.3, 0.4) is 0 Å². The van der Waals surface area contributed by atoms with E-state index < -0.39 is 0 Å². The van der Waals surface area contributed by atoms with Crippen LogP contribution >= 0.6 is 0 Å². The van der Waals surface area contributed by atoms with Crippen LogP contribution in [0.4, 0.5) is 5.69 Å². The third-order valence-corrected chi connectivity index (χ3v) is 2.05. The van der Waals surface area contributed by atoms with Gasteiger partial charge in [-0.2, -0.15) is 0 Å².